The predicted octanol–water partition coefficient (Wildman–Crippen LogP) is 6.17. The highest BCUT2D eigenvalue weighted by atomic mass is 32.2. The summed E-state index contributed by atoms with van der Waals surface area (Å²) < 4.78 is 43.5. The first-order chi connectivity index (χ1) is 19.8. The minimum atomic E-state index is -4.15. The number of nitriles is 1. The van der Waals surface area contributed by atoms with Crippen LogP contribution in [0.2, 0.25) is 0 Å². The Morgan fingerprint density at radius 3 is 2.44 bits per heavy atom. The maximum atomic E-state index is 13.5. The summed E-state index contributed by atoms with van der Waals surface area (Å²) in [5.74, 6) is 0.604. The zero-order chi connectivity index (χ0) is 29.0. The average Bonchev–Trinajstić information content (AvgIpc) is 3.33. The molecule has 0 bridgehead atoms. The average molecular weight is 567 g/mol. The summed E-state index contributed by atoms with van der Waals surface area (Å²) in [5.41, 5.74) is 2.89. The van der Waals surface area contributed by atoms with E-state index in [1.54, 1.807) is 30.2 Å². The molecule has 4 aromatic rings. The Bertz CT molecular complexity index is 1840. The van der Waals surface area contributed by atoms with Gasteiger partial charge in [0.2, 0.25) is 11.7 Å². The van der Waals surface area contributed by atoms with Crippen LogP contribution >= 0.6 is 0 Å². The molecule has 9 heteroatoms. The van der Waals surface area contributed by atoms with Gasteiger partial charge in [-0.3, -0.25) is 9.35 Å². The normalized spacial score (nSPS) is 14.0. The monoisotopic (exact) mass is 566 g/mol. The van der Waals surface area contributed by atoms with Gasteiger partial charge in [-0.05, 0) is 53.3 Å². The number of Topliss-reactive ketones (excluding diaryl/α,β-unsaturated/α-hetero) is 1. The van der Waals surface area contributed by atoms with Crippen molar-refractivity contribution in [3.63, 3.8) is 0 Å². The Morgan fingerprint density at radius 2 is 1.73 bits per heavy atom. The van der Waals surface area contributed by atoms with Crippen molar-refractivity contribution in [1.29, 1.82) is 5.26 Å². The van der Waals surface area contributed by atoms with Crippen LogP contribution in [0.25, 0.3) is 21.9 Å². The van der Waals surface area contributed by atoms with Crippen LogP contribution in [0.15, 0.2) is 109 Å². The van der Waals surface area contributed by atoms with Crippen LogP contribution in [-0.2, 0) is 10.1 Å². The molecular weight excluding hydrogens is 540 g/mol. The molecule has 0 saturated heterocycles. The maximum absolute atomic E-state index is 13.5. The van der Waals surface area contributed by atoms with Crippen LogP contribution in [0.3, 0.4) is 0 Å². The highest BCUT2D eigenvalue weighted by molar-refractivity contribution is 7.85. The van der Waals surface area contributed by atoms with Gasteiger partial charge in [-0.2, -0.15) is 13.7 Å². The van der Waals surface area contributed by atoms with Crippen molar-refractivity contribution >= 4 is 32.4 Å². The largest absolute Gasteiger partial charge is 0.496 e. The van der Waals surface area contributed by atoms with Gasteiger partial charge in [-0.1, -0.05) is 60.7 Å². The number of hydrogen-bond donors (Lipinski definition) is 1. The Labute approximate surface area is 238 Å². The number of carbonyl (C=O) groups is 1. The van der Waals surface area contributed by atoms with Crippen LogP contribution < -0.4 is 14.4 Å². The Balaban J connectivity index is 1.50. The SMILES string of the molecule is COc1ccc(C(=O)C(C#N)=CC=C2Oc3ccc(-c4ccccc4)cc3N2CCCS(=O)(=O)O)c2ccccc12. The molecule has 0 fully saturated rings. The minimum Gasteiger partial charge on any atom is -0.496 e. The fourth-order valence-electron chi connectivity index (χ4n) is 4.78. The first kappa shape index (κ1) is 27.6. The van der Waals surface area contributed by atoms with Gasteiger partial charge >= 0.3 is 0 Å². The molecular formula is C32H26N2O6S. The van der Waals surface area contributed by atoms with Crippen molar-refractivity contribution in [2.75, 3.05) is 24.3 Å². The van der Waals surface area contributed by atoms with E-state index in [4.69, 9.17) is 9.47 Å². The van der Waals surface area contributed by atoms with Crippen LogP contribution in [0.4, 0.5) is 5.69 Å². The lowest BCUT2D eigenvalue weighted by molar-refractivity contribution is 0.104. The van der Waals surface area contributed by atoms with Crippen molar-refractivity contribution in [3.8, 4) is 28.7 Å². The number of anilines is 1. The minimum absolute atomic E-state index is 0.102. The third kappa shape index (κ3) is 5.99. The second-order valence-electron chi connectivity index (χ2n) is 9.33. The number of hydrogen-bond acceptors (Lipinski definition) is 7. The molecule has 0 atom stereocenters. The number of rotatable bonds is 9. The summed E-state index contributed by atoms with van der Waals surface area (Å²) in [6.07, 6.45) is 3.05. The van der Waals surface area contributed by atoms with Gasteiger partial charge in [0, 0.05) is 23.6 Å². The number of ketones is 1. The van der Waals surface area contributed by atoms with Crippen molar-refractivity contribution in [1.82, 2.24) is 0 Å². The van der Waals surface area contributed by atoms with Gasteiger partial charge in [-0.15, -0.1) is 0 Å². The standard InChI is InChI=1S/C32H26N2O6S/c1-39-29-16-14-27(25-10-5-6-11-26(25)29)32(35)24(21-33)13-17-31-34(18-7-19-41(36,37)38)28-20-23(12-15-30(28)40-31)22-8-3-2-4-9-22/h2-6,8-17,20H,7,18-19H2,1H3,(H,36,37,38). The first-order valence-electron chi connectivity index (χ1n) is 12.8. The second-order valence-corrected chi connectivity index (χ2v) is 10.9. The molecule has 0 radical (unpaired) electrons. The lowest BCUT2D eigenvalue weighted by Gasteiger charge is -2.18. The van der Waals surface area contributed by atoms with E-state index in [0.29, 0.717) is 34.0 Å². The van der Waals surface area contributed by atoms with Crippen LogP contribution in [0.1, 0.15) is 16.8 Å². The van der Waals surface area contributed by atoms with Crippen LogP contribution in [0, 0.1) is 11.3 Å². The van der Waals surface area contributed by atoms with Gasteiger partial charge in [0.15, 0.2) is 5.75 Å². The molecule has 8 nitrogen and oxygen atoms in total. The summed E-state index contributed by atoms with van der Waals surface area (Å²) in [4.78, 5) is 15.2. The van der Waals surface area contributed by atoms with Crippen molar-refractivity contribution in [3.05, 3.63) is 114 Å². The molecule has 41 heavy (non-hydrogen) atoms. The molecule has 1 aliphatic heterocycles. The molecule has 0 amide bonds. The Kier molecular flexibility index (Phi) is 7.88. The number of fused-ring (bicyclic) bond motifs is 2. The molecule has 0 saturated carbocycles. The van der Waals surface area contributed by atoms with E-state index in [2.05, 4.69) is 0 Å². The van der Waals surface area contributed by atoms with Crippen LogP contribution in [0.5, 0.6) is 11.5 Å². The third-order valence-corrected chi connectivity index (χ3v) is 7.53. The van der Waals surface area contributed by atoms with Crippen molar-refractivity contribution < 1.29 is 27.2 Å². The Morgan fingerprint density at radius 1 is 1.00 bits per heavy atom. The van der Waals surface area contributed by atoms with E-state index < -0.39 is 21.7 Å². The zero-order valence-electron chi connectivity index (χ0n) is 22.2. The number of benzene rings is 4. The lowest BCUT2D eigenvalue weighted by atomic mass is 9.97. The quantitative estimate of drug-likeness (QED) is 0.111. The van der Waals surface area contributed by atoms with E-state index in [0.717, 1.165) is 16.5 Å². The van der Waals surface area contributed by atoms with Crippen LogP contribution in [-0.4, -0.2) is 38.2 Å². The molecule has 0 aliphatic carbocycles. The summed E-state index contributed by atoms with van der Waals surface area (Å²) in [6, 6.07) is 28.1. The van der Waals surface area contributed by atoms with E-state index in [1.807, 2.05) is 72.8 Å². The fourth-order valence-corrected chi connectivity index (χ4v) is 5.28. The number of carbonyl (C=O) groups excluding carboxylic acids is 1. The molecule has 5 rings (SSSR count). The highest BCUT2D eigenvalue weighted by Crippen LogP contribution is 2.42. The van der Waals surface area contributed by atoms with E-state index in [-0.39, 0.29) is 18.5 Å². The second kappa shape index (κ2) is 11.7. The van der Waals surface area contributed by atoms with Crippen molar-refractivity contribution in [2.24, 2.45) is 0 Å². The van der Waals surface area contributed by atoms with E-state index in [9.17, 15) is 23.0 Å². The van der Waals surface area contributed by atoms with Crippen molar-refractivity contribution in [2.45, 2.75) is 6.42 Å². The first-order valence-corrected chi connectivity index (χ1v) is 14.4. The third-order valence-electron chi connectivity index (χ3n) is 6.73. The molecule has 4 aromatic carbocycles. The molecule has 1 aliphatic rings. The number of methoxy groups -OCH3 is 1. The lowest BCUT2D eigenvalue weighted by Crippen LogP contribution is -2.23. The van der Waals surface area contributed by atoms with Gasteiger partial charge in [0.25, 0.3) is 10.1 Å². The molecule has 206 valence electrons. The van der Waals surface area contributed by atoms with Gasteiger partial charge in [0.1, 0.15) is 17.4 Å². The highest BCUT2D eigenvalue weighted by Gasteiger charge is 2.27. The zero-order valence-corrected chi connectivity index (χ0v) is 23.0. The number of ether oxygens (including phenoxy) is 2. The van der Waals surface area contributed by atoms with E-state index in [1.165, 1.54) is 12.2 Å². The van der Waals surface area contributed by atoms with Gasteiger partial charge < -0.3 is 14.4 Å². The molecule has 0 unspecified atom stereocenters. The summed E-state index contributed by atoms with van der Waals surface area (Å²) in [5, 5.41) is 11.3. The number of allylic oxidation sites excluding steroid dienone is 3. The summed E-state index contributed by atoms with van der Waals surface area (Å²) in [7, 11) is -2.60. The maximum Gasteiger partial charge on any atom is 0.264 e. The summed E-state index contributed by atoms with van der Waals surface area (Å²) in [6.45, 7) is 0.212. The van der Waals surface area contributed by atoms with Gasteiger partial charge in [0.05, 0.1) is 18.6 Å². The Hall–Kier alpha value is -4.91. The number of nitrogens with zero attached hydrogens (tertiary/aromatic N) is 2. The van der Waals surface area contributed by atoms with E-state index >= 15 is 0 Å². The smallest absolute Gasteiger partial charge is 0.264 e. The topological polar surface area (TPSA) is 117 Å². The summed E-state index contributed by atoms with van der Waals surface area (Å²) >= 11 is 0. The fraction of sp³-hybridized carbons (Fsp3) is 0.125. The molecule has 1 N–H and O–H groups in total. The molecule has 0 aromatic heterocycles. The van der Waals surface area contributed by atoms with Gasteiger partial charge in [-0.25, -0.2) is 0 Å². The predicted molar refractivity (Wildman–Crippen MR) is 157 cm³/mol. The molecule has 1 heterocycles. The molecule has 0 spiro atoms.